The summed E-state index contributed by atoms with van der Waals surface area (Å²) in [7, 11) is -0.227. The molecule has 0 spiro atoms. The molecule has 0 aliphatic heterocycles. The molecule has 0 unspecified atom stereocenters. The third kappa shape index (κ3) is 5.14. The average Bonchev–Trinajstić information content (AvgIpc) is 2.42. The van der Waals surface area contributed by atoms with E-state index < -0.39 is 10.0 Å². The molecule has 0 aliphatic carbocycles. The lowest BCUT2D eigenvalue weighted by Gasteiger charge is -2.09. The van der Waals surface area contributed by atoms with Crippen LogP contribution in [0.4, 0.5) is 5.69 Å². The second kappa shape index (κ2) is 8.08. The largest absolute Gasteiger partial charge is 0.386 e. The molecule has 19 heavy (non-hydrogen) atoms. The SMILES string of the molecule is CNc1cccnc1S(=O)(=O)NCCCCCOC. The monoisotopic (exact) mass is 287 g/mol. The lowest BCUT2D eigenvalue weighted by Crippen LogP contribution is -2.26. The molecule has 108 valence electrons. The Morgan fingerprint density at radius 3 is 2.79 bits per heavy atom. The first kappa shape index (κ1) is 15.9. The number of nitrogens with one attached hydrogen (secondary N) is 2. The molecule has 1 aromatic heterocycles. The summed E-state index contributed by atoms with van der Waals surface area (Å²) in [6.07, 6.45) is 4.11. The molecular formula is C12H21N3O3S. The van der Waals surface area contributed by atoms with E-state index in [4.69, 9.17) is 4.74 Å². The van der Waals surface area contributed by atoms with Crippen LogP contribution in [-0.2, 0) is 14.8 Å². The molecule has 0 aliphatic rings. The van der Waals surface area contributed by atoms with Crippen molar-refractivity contribution in [3.63, 3.8) is 0 Å². The predicted molar refractivity (Wildman–Crippen MR) is 74.7 cm³/mol. The Labute approximate surface area is 114 Å². The van der Waals surface area contributed by atoms with Crippen molar-refractivity contribution in [2.75, 3.05) is 32.6 Å². The van der Waals surface area contributed by atoms with Gasteiger partial charge in [-0.3, -0.25) is 0 Å². The third-order valence-electron chi connectivity index (χ3n) is 2.61. The zero-order valence-corrected chi connectivity index (χ0v) is 12.2. The third-order valence-corrected chi connectivity index (χ3v) is 4.03. The quantitative estimate of drug-likeness (QED) is 0.667. The molecule has 6 nitrogen and oxygen atoms in total. The van der Waals surface area contributed by atoms with E-state index in [1.807, 2.05) is 0 Å². The van der Waals surface area contributed by atoms with E-state index >= 15 is 0 Å². The van der Waals surface area contributed by atoms with Gasteiger partial charge in [-0.1, -0.05) is 0 Å². The van der Waals surface area contributed by atoms with E-state index in [1.165, 1.54) is 6.20 Å². The van der Waals surface area contributed by atoms with Gasteiger partial charge in [0, 0.05) is 33.5 Å². The van der Waals surface area contributed by atoms with Crippen LogP contribution in [0, 0.1) is 0 Å². The smallest absolute Gasteiger partial charge is 0.260 e. The maximum atomic E-state index is 12.1. The van der Waals surface area contributed by atoms with Crippen molar-refractivity contribution >= 4 is 15.7 Å². The number of ether oxygens (including phenoxy) is 1. The minimum atomic E-state index is -3.55. The second-order valence-corrected chi connectivity index (χ2v) is 5.74. The summed E-state index contributed by atoms with van der Waals surface area (Å²) < 4.78 is 31.6. The summed E-state index contributed by atoms with van der Waals surface area (Å²) in [5, 5.41) is 2.86. The minimum absolute atomic E-state index is 0.0365. The molecule has 0 saturated heterocycles. The van der Waals surface area contributed by atoms with Crippen LogP contribution in [0.2, 0.25) is 0 Å². The molecule has 0 atom stereocenters. The zero-order valence-electron chi connectivity index (χ0n) is 11.3. The molecule has 0 saturated carbocycles. The highest BCUT2D eigenvalue weighted by Gasteiger charge is 2.18. The summed E-state index contributed by atoms with van der Waals surface area (Å²) in [5.41, 5.74) is 0.495. The van der Waals surface area contributed by atoms with Crippen LogP contribution >= 0.6 is 0 Å². The maximum absolute atomic E-state index is 12.1. The van der Waals surface area contributed by atoms with E-state index in [1.54, 1.807) is 26.3 Å². The standard InChI is InChI=1S/C12H21N3O3S/c1-13-11-7-6-8-14-12(11)19(16,17)15-9-4-3-5-10-18-2/h6-8,13,15H,3-5,9-10H2,1-2H3. The van der Waals surface area contributed by atoms with Gasteiger partial charge in [-0.25, -0.2) is 18.1 Å². The zero-order chi connectivity index (χ0) is 14.1. The first-order valence-electron chi connectivity index (χ1n) is 6.23. The summed E-state index contributed by atoms with van der Waals surface area (Å²) in [5.74, 6) is 0. The average molecular weight is 287 g/mol. The summed E-state index contributed by atoms with van der Waals surface area (Å²) in [4.78, 5) is 3.92. The predicted octanol–water partition coefficient (Wildman–Crippen LogP) is 1.22. The minimum Gasteiger partial charge on any atom is -0.386 e. The van der Waals surface area contributed by atoms with Crippen LogP contribution in [0.5, 0.6) is 0 Å². The lowest BCUT2D eigenvalue weighted by atomic mass is 10.2. The van der Waals surface area contributed by atoms with Gasteiger partial charge in [0.1, 0.15) is 0 Å². The second-order valence-electron chi connectivity index (χ2n) is 4.06. The number of aromatic nitrogens is 1. The Morgan fingerprint density at radius 2 is 2.11 bits per heavy atom. The van der Waals surface area contributed by atoms with Crippen molar-refractivity contribution < 1.29 is 13.2 Å². The van der Waals surface area contributed by atoms with Gasteiger partial charge in [-0.2, -0.15) is 0 Å². The number of methoxy groups -OCH3 is 1. The van der Waals surface area contributed by atoms with E-state index in [2.05, 4.69) is 15.0 Å². The molecule has 7 heteroatoms. The molecule has 0 radical (unpaired) electrons. The Morgan fingerprint density at radius 1 is 1.32 bits per heavy atom. The molecule has 2 N–H and O–H groups in total. The van der Waals surface area contributed by atoms with E-state index in [-0.39, 0.29) is 5.03 Å². The van der Waals surface area contributed by atoms with Crippen molar-refractivity contribution in [2.45, 2.75) is 24.3 Å². The van der Waals surface area contributed by atoms with Crippen molar-refractivity contribution in [3.8, 4) is 0 Å². The van der Waals surface area contributed by atoms with Gasteiger partial charge in [0.25, 0.3) is 10.0 Å². The summed E-state index contributed by atoms with van der Waals surface area (Å²) in [6, 6.07) is 3.37. The number of rotatable bonds is 9. The first-order valence-corrected chi connectivity index (χ1v) is 7.71. The van der Waals surface area contributed by atoms with Gasteiger partial charge in [0.15, 0.2) is 5.03 Å². The van der Waals surface area contributed by atoms with Gasteiger partial charge in [-0.15, -0.1) is 0 Å². The molecule has 1 aromatic rings. The number of unbranched alkanes of at least 4 members (excludes halogenated alkanes) is 2. The summed E-state index contributed by atoms with van der Waals surface area (Å²) >= 11 is 0. The first-order chi connectivity index (χ1) is 9.11. The number of hydrogen-bond acceptors (Lipinski definition) is 5. The molecule has 1 rings (SSSR count). The molecule has 1 heterocycles. The van der Waals surface area contributed by atoms with Gasteiger partial charge >= 0.3 is 0 Å². The molecular weight excluding hydrogens is 266 g/mol. The number of anilines is 1. The van der Waals surface area contributed by atoms with Gasteiger partial charge in [-0.05, 0) is 31.4 Å². The Bertz CT molecular complexity index is 477. The normalized spacial score (nSPS) is 11.5. The molecule has 0 fully saturated rings. The van der Waals surface area contributed by atoms with Gasteiger partial charge < -0.3 is 10.1 Å². The van der Waals surface area contributed by atoms with Gasteiger partial charge in [0.2, 0.25) is 0 Å². The highest BCUT2D eigenvalue weighted by atomic mass is 32.2. The van der Waals surface area contributed by atoms with E-state index in [0.29, 0.717) is 18.8 Å². The number of pyridine rings is 1. The topological polar surface area (TPSA) is 80.3 Å². The number of nitrogens with zero attached hydrogens (tertiary/aromatic N) is 1. The van der Waals surface area contributed by atoms with Crippen molar-refractivity contribution in [1.82, 2.24) is 9.71 Å². The molecule has 0 amide bonds. The fraction of sp³-hybridized carbons (Fsp3) is 0.583. The maximum Gasteiger partial charge on any atom is 0.260 e. The van der Waals surface area contributed by atoms with E-state index in [9.17, 15) is 8.42 Å². The van der Waals surface area contributed by atoms with Crippen LogP contribution in [0.1, 0.15) is 19.3 Å². The molecule has 0 bridgehead atoms. The van der Waals surface area contributed by atoms with Crippen molar-refractivity contribution in [1.29, 1.82) is 0 Å². The van der Waals surface area contributed by atoms with Crippen molar-refractivity contribution in [2.24, 2.45) is 0 Å². The highest BCUT2D eigenvalue weighted by molar-refractivity contribution is 7.89. The van der Waals surface area contributed by atoms with Crippen LogP contribution < -0.4 is 10.0 Å². The highest BCUT2D eigenvalue weighted by Crippen LogP contribution is 2.16. The van der Waals surface area contributed by atoms with Gasteiger partial charge in [0.05, 0.1) is 5.69 Å². The fourth-order valence-electron chi connectivity index (χ4n) is 1.62. The van der Waals surface area contributed by atoms with Crippen LogP contribution in [0.3, 0.4) is 0 Å². The molecule has 0 aromatic carbocycles. The lowest BCUT2D eigenvalue weighted by molar-refractivity contribution is 0.192. The fourth-order valence-corrected chi connectivity index (χ4v) is 2.83. The van der Waals surface area contributed by atoms with Crippen molar-refractivity contribution in [3.05, 3.63) is 18.3 Å². The van der Waals surface area contributed by atoms with Crippen LogP contribution in [-0.4, -0.2) is 40.7 Å². The summed E-state index contributed by atoms with van der Waals surface area (Å²) in [6.45, 7) is 1.11. The van der Waals surface area contributed by atoms with Crippen LogP contribution in [0.15, 0.2) is 23.4 Å². The number of hydrogen-bond donors (Lipinski definition) is 2. The number of sulfonamides is 1. The Hall–Kier alpha value is -1.18. The Balaban J connectivity index is 2.52. The van der Waals surface area contributed by atoms with Crippen LogP contribution in [0.25, 0.3) is 0 Å². The Kier molecular flexibility index (Phi) is 6.75. The van der Waals surface area contributed by atoms with E-state index in [0.717, 1.165) is 19.3 Å².